The lowest BCUT2D eigenvalue weighted by Crippen LogP contribution is -2.43. The molecule has 156 valence electrons. The molecular formula is C21H20F2N4O3. The van der Waals surface area contributed by atoms with Gasteiger partial charge in [0.05, 0.1) is 17.6 Å². The van der Waals surface area contributed by atoms with Crippen molar-refractivity contribution in [2.24, 2.45) is 0 Å². The fraction of sp³-hybridized carbons (Fsp3) is 0.286. The number of aromatic nitrogens is 2. The molecule has 0 bridgehead atoms. The predicted octanol–water partition coefficient (Wildman–Crippen LogP) is 3.73. The molecule has 0 unspecified atom stereocenters. The van der Waals surface area contributed by atoms with Gasteiger partial charge in [-0.3, -0.25) is 9.69 Å². The van der Waals surface area contributed by atoms with Crippen LogP contribution in [-0.4, -0.2) is 49.2 Å². The minimum Gasteiger partial charge on any atom is -0.490 e. The van der Waals surface area contributed by atoms with E-state index in [2.05, 4.69) is 14.7 Å². The van der Waals surface area contributed by atoms with E-state index in [0.29, 0.717) is 30.2 Å². The average Bonchev–Trinajstić information content (AvgIpc) is 2.73. The van der Waals surface area contributed by atoms with E-state index in [0.717, 1.165) is 5.52 Å². The van der Waals surface area contributed by atoms with E-state index in [1.807, 2.05) is 36.2 Å². The van der Waals surface area contributed by atoms with Gasteiger partial charge in [0.15, 0.2) is 23.1 Å². The molecule has 9 heteroatoms. The summed E-state index contributed by atoms with van der Waals surface area (Å²) in [5.41, 5.74) is 1.70. The number of nitrogens with zero attached hydrogens (tertiary/aromatic N) is 4. The van der Waals surface area contributed by atoms with E-state index in [-0.39, 0.29) is 29.6 Å². The molecule has 4 rings (SSSR count). The summed E-state index contributed by atoms with van der Waals surface area (Å²) in [4.78, 5) is 26.1. The summed E-state index contributed by atoms with van der Waals surface area (Å²) < 4.78 is 35.2. The number of ether oxygens (including phenoxy) is 2. The van der Waals surface area contributed by atoms with Gasteiger partial charge in [-0.05, 0) is 37.3 Å². The molecule has 7 nitrogen and oxygen atoms in total. The average molecular weight is 414 g/mol. The monoisotopic (exact) mass is 414 g/mol. The van der Waals surface area contributed by atoms with Gasteiger partial charge in [-0.1, -0.05) is 12.1 Å². The first kappa shape index (κ1) is 19.8. The maximum atomic E-state index is 13.3. The van der Waals surface area contributed by atoms with E-state index in [9.17, 15) is 13.6 Å². The van der Waals surface area contributed by atoms with Crippen LogP contribution in [0, 0.1) is 0 Å². The van der Waals surface area contributed by atoms with Crippen LogP contribution < -0.4 is 19.3 Å². The number of amides is 1. The Morgan fingerprint density at radius 2 is 1.77 bits per heavy atom. The Hall–Kier alpha value is -3.49. The molecule has 0 radical (unpaired) electrons. The Labute approximate surface area is 171 Å². The summed E-state index contributed by atoms with van der Waals surface area (Å²) in [5, 5.41) is 0. The number of halogens is 2. The van der Waals surface area contributed by atoms with Gasteiger partial charge >= 0.3 is 6.61 Å². The van der Waals surface area contributed by atoms with Crippen LogP contribution in [0.15, 0.2) is 42.5 Å². The van der Waals surface area contributed by atoms with Crippen LogP contribution in [0.2, 0.25) is 0 Å². The number of carbonyl (C=O) groups is 1. The van der Waals surface area contributed by atoms with Gasteiger partial charge in [-0.2, -0.15) is 8.78 Å². The van der Waals surface area contributed by atoms with Crippen molar-refractivity contribution in [1.29, 1.82) is 0 Å². The second kappa shape index (κ2) is 8.10. The van der Waals surface area contributed by atoms with Crippen LogP contribution in [-0.2, 0) is 0 Å². The lowest BCUT2D eigenvalue weighted by atomic mass is 10.1. The van der Waals surface area contributed by atoms with Gasteiger partial charge < -0.3 is 14.4 Å². The Kier molecular flexibility index (Phi) is 5.35. The number of alkyl halides is 2. The zero-order chi connectivity index (χ0) is 21.3. The fourth-order valence-corrected chi connectivity index (χ4v) is 3.34. The molecule has 30 heavy (non-hydrogen) atoms. The molecule has 1 amide bonds. The highest BCUT2D eigenvalue weighted by atomic mass is 19.3. The number of rotatable bonds is 5. The molecule has 1 aliphatic rings. The molecular weight excluding hydrogens is 394 g/mol. The van der Waals surface area contributed by atoms with Crippen molar-refractivity contribution in [3.05, 3.63) is 48.0 Å². The third kappa shape index (κ3) is 3.70. The van der Waals surface area contributed by atoms with Crippen molar-refractivity contribution >= 4 is 28.6 Å². The van der Waals surface area contributed by atoms with E-state index in [1.165, 1.54) is 18.2 Å². The number of anilines is 2. The molecule has 1 aromatic heterocycles. The molecule has 0 saturated heterocycles. The second-order valence-corrected chi connectivity index (χ2v) is 6.71. The van der Waals surface area contributed by atoms with Crippen molar-refractivity contribution in [1.82, 2.24) is 9.97 Å². The topological polar surface area (TPSA) is 67.8 Å². The highest BCUT2D eigenvalue weighted by Gasteiger charge is 2.30. The molecule has 3 aromatic rings. The first-order valence-electron chi connectivity index (χ1n) is 9.49. The van der Waals surface area contributed by atoms with Crippen LogP contribution in [0.1, 0.15) is 17.3 Å². The summed E-state index contributed by atoms with van der Waals surface area (Å²) in [6.07, 6.45) is 0. The van der Waals surface area contributed by atoms with E-state index < -0.39 is 6.61 Å². The van der Waals surface area contributed by atoms with Crippen molar-refractivity contribution in [2.75, 3.05) is 36.5 Å². The Bertz CT molecular complexity index is 1090. The van der Waals surface area contributed by atoms with Crippen LogP contribution in [0.5, 0.6) is 11.5 Å². The highest BCUT2D eigenvalue weighted by molar-refractivity contribution is 6.08. The summed E-state index contributed by atoms with van der Waals surface area (Å²) in [6.45, 7) is -0.0335. The molecule has 0 aliphatic carbocycles. The number of para-hydroxylation sites is 2. The van der Waals surface area contributed by atoms with Crippen molar-refractivity contribution in [2.45, 2.75) is 13.5 Å². The lowest BCUT2D eigenvalue weighted by Gasteiger charge is -2.33. The Morgan fingerprint density at radius 3 is 2.43 bits per heavy atom. The normalized spacial score (nSPS) is 13.5. The first-order chi connectivity index (χ1) is 14.5. The standard InChI is InChI=1S/C21H20F2N4O3/c1-3-29-17-12-13(8-9-16(17)30-21(22)23)20(28)27-11-10-26(2)18-19(27)25-15-7-5-4-6-14(15)24-18/h4-9,12,21H,3,10-11H2,1-2H3. The zero-order valence-electron chi connectivity index (χ0n) is 16.5. The number of carbonyl (C=O) groups excluding carboxylic acids is 1. The van der Waals surface area contributed by atoms with Crippen LogP contribution in [0.25, 0.3) is 11.0 Å². The van der Waals surface area contributed by atoms with E-state index in [1.54, 1.807) is 11.8 Å². The van der Waals surface area contributed by atoms with Crippen molar-refractivity contribution in [3.63, 3.8) is 0 Å². The van der Waals surface area contributed by atoms with Crippen molar-refractivity contribution < 1.29 is 23.0 Å². The number of likely N-dealkylation sites (N-methyl/N-ethyl adjacent to an activating group) is 1. The fourth-order valence-electron chi connectivity index (χ4n) is 3.34. The van der Waals surface area contributed by atoms with E-state index in [4.69, 9.17) is 4.74 Å². The minimum atomic E-state index is -2.99. The highest BCUT2D eigenvalue weighted by Crippen LogP contribution is 2.34. The molecule has 2 aromatic carbocycles. The van der Waals surface area contributed by atoms with Gasteiger partial charge in [0.2, 0.25) is 0 Å². The van der Waals surface area contributed by atoms with Gasteiger partial charge in [-0.25, -0.2) is 9.97 Å². The molecule has 0 spiro atoms. The number of hydrogen-bond acceptors (Lipinski definition) is 6. The molecule has 2 heterocycles. The third-order valence-corrected chi connectivity index (χ3v) is 4.76. The quantitative estimate of drug-likeness (QED) is 0.634. The Morgan fingerprint density at radius 1 is 1.07 bits per heavy atom. The molecule has 0 atom stereocenters. The van der Waals surface area contributed by atoms with Crippen LogP contribution >= 0.6 is 0 Å². The summed E-state index contributed by atoms with van der Waals surface area (Å²) in [5.74, 6) is 0.711. The molecule has 1 aliphatic heterocycles. The van der Waals surface area contributed by atoms with Crippen molar-refractivity contribution in [3.8, 4) is 11.5 Å². The molecule has 0 N–H and O–H groups in total. The minimum absolute atomic E-state index is 0.0857. The number of hydrogen-bond donors (Lipinski definition) is 0. The van der Waals surface area contributed by atoms with Gasteiger partial charge in [0, 0.05) is 25.7 Å². The number of benzene rings is 2. The van der Waals surface area contributed by atoms with E-state index >= 15 is 0 Å². The van der Waals surface area contributed by atoms with Gasteiger partial charge in [0.25, 0.3) is 5.91 Å². The summed E-state index contributed by atoms with van der Waals surface area (Å²) >= 11 is 0. The predicted molar refractivity (Wildman–Crippen MR) is 109 cm³/mol. The van der Waals surface area contributed by atoms with Gasteiger partial charge in [-0.15, -0.1) is 0 Å². The maximum Gasteiger partial charge on any atom is 0.387 e. The maximum absolute atomic E-state index is 13.3. The second-order valence-electron chi connectivity index (χ2n) is 6.71. The molecule has 0 saturated carbocycles. The first-order valence-corrected chi connectivity index (χ1v) is 9.49. The zero-order valence-corrected chi connectivity index (χ0v) is 16.5. The SMILES string of the molecule is CCOc1cc(C(=O)N2CCN(C)c3nc4ccccc4nc32)ccc1OC(F)F. The third-order valence-electron chi connectivity index (χ3n) is 4.76. The summed E-state index contributed by atoms with van der Waals surface area (Å²) in [6, 6.07) is 11.6. The molecule has 0 fully saturated rings. The lowest BCUT2D eigenvalue weighted by molar-refractivity contribution is -0.0514. The number of fused-ring (bicyclic) bond motifs is 2. The van der Waals surface area contributed by atoms with Gasteiger partial charge in [0.1, 0.15) is 0 Å². The van der Waals surface area contributed by atoms with Crippen LogP contribution in [0.3, 0.4) is 0 Å². The Balaban J connectivity index is 1.73. The summed E-state index contributed by atoms with van der Waals surface area (Å²) in [7, 11) is 1.90. The largest absolute Gasteiger partial charge is 0.490 e. The van der Waals surface area contributed by atoms with Crippen LogP contribution in [0.4, 0.5) is 20.4 Å². The smallest absolute Gasteiger partial charge is 0.387 e.